The zero-order valence-corrected chi connectivity index (χ0v) is 20.4. The van der Waals surface area contributed by atoms with Gasteiger partial charge in [0.15, 0.2) is 0 Å². The Balaban J connectivity index is 1.17. The molecule has 1 aliphatic heterocycles. The van der Waals surface area contributed by atoms with Crippen molar-refractivity contribution in [3.8, 4) is 0 Å². The lowest BCUT2D eigenvalue weighted by atomic mass is 9.88. The molecule has 35 heavy (non-hydrogen) atoms. The normalized spacial score (nSPS) is 21.3. The van der Waals surface area contributed by atoms with E-state index in [1.165, 1.54) is 6.07 Å². The summed E-state index contributed by atoms with van der Waals surface area (Å²) < 4.78 is 41.2. The van der Waals surface area contributed by atoms with Crippen LogP contribution < -0.4 is 16.3 Å². The summed E-state index contributed by atoms with van der Waals surface area (Å²) in [6.45, 7) is 1.14. The van der Waals surface area contributed by atoms with Crippen LogP contribution >= 0.6 is 15.9 Å². The molecule has 2 aliphatic rings. The van der Waals surface area contributed by atoms with Crippen molar-refractivity contribution in [2.45, 2.75) is 50.0 Å². The second kappa shape index (κ2) is 10.5. The molecule has 3 N–H and O–H groups in total. The third-order valence-corrected chi connectivity index (χ3v) is 6.94. The first kappa shape index (κ1) is 25.4. The van der Waals surface area contributed by atoms with E-state index in [0.29, 0.717) is 6.04 Å². The Morgan fingerprint density at radius 3 is 2.51 bits per heavy atom. The molecule has 4 rings (SSSR count). The number of carbonyl (C=O) groups excluding carboxylic acids is 2. The molecule has 2 amide bonds. The topological polar surface area (TPSA) is 103 Å². The number of carbonyl (C=O) groups is 2. The van der Waals surface area contributed by atoms with Crippen LogP contribution in [0.4, 0.5) is 13.2 Å². The van der Waals surface area contributed by atoms with E-state index in [9.17, 15) is 22.8 Å². The standard InChI is InChI=1S/C23H26BrF3N6O2/c24-16-9-30-22(28)33(11-16)19-6-4-18(5-7-19)32-12-17(13-32)31-20(34)10-29-21(35)14-2-1-3-15(8-14)23(25,26)27/h1-3,8-9,11,17-19,28H,4-7,10,12-13H2,(H,29,35)(H,31,34). The maximum Gasteiger partial charge on any atom is 0.416 e. The zero-order chi connectivity index (χ0) is 25.2. The number of halogens is 4. The third-order valence-electron chi connectivity index (χ3n) is 6.53. The van der Waals surface area contributed by atoms with Gasteiger partial charge < -0.3 is 15.2 Å². The summed E-state index contributed by atoms with van der Waals surface area (Å²) >= 11 is 3.41. The van der Waals surface area contributed by atoms with E-state index in [1.54, 1.807) is 6.20 Å². The smallest absolute Gasteiger partial charge is 0.349 e. The van der Waals surface area contributed by atoms with Crippen LogP contribution in [0.1, 0.15) is 47.6 Å². The molecule has 2 heterocycles. The van der Waals surface area contributed by atoms with E-state index in [-0.39, 0.29) is 35.7 Å². The maximum absolute atomic E-state index is 12.8. The first-order valence-corrected chi connectivity index (χ1v) is 12.2. The number of benzene rings is 1. The minimum atomic E-state index is -4.54. The molecule has 0 radical (unpaired) electrons. The molecule has 0 unspecified atom stereocenters. The van der Waals surface area contributed by atoms with Crippen LogP contribution in [0.5, 0.6) is 0 Å². The molecular formula is C23H26BrF3N6O2. The van der Waals surface area contributed by atoms with E-state index in [0.717, 1.165) is 61.4 Å². The van der Waals surface area contributed by atoms with Crippen LogP contribution in [-0.4, -0.2) is 58.0 Å². The van der Waals surface area contributed by atoms with Gasteiger partial charge in [-0.1, -0.05) is 6.07 Å². The number of nitrogens with one attached hydrogen (secondary N) is 3. The molecule has 1 aromatic heterocycles. The molecule has 0 bridgehead atoms. The number of rotatable bonds is 6. The van der Waals surface area contributed by atoms with Crippen LogP contribution in [0, 0.1) is 5.41 Å². The summed E-state index contributed by atoms with van der Waals surface area (Å²) in [6.07, 6.45) is 2.89. The summed E-state index contributed by atoms with van der Waals surface area (Å²) in [5.74, 6) is -1.10. The predicted molar refractivity (Wildman–Crippen MR) is 124 cm³/mol. The molecule has 0 spiro atoms. The molecule has 188 valence electrons. The number of hydrogen-bond acceptors (Lipinski definition) is 5. The van der Waals surface area contributed by atoms with E-state index in [1.807, 2.05) is 10.8 Å². The lowest BCUT2D eigenvalue weighted by molar-refractivity contribution is -0.137. The lowest BCUT2D eigenvalue weighted by Crippen LogP contribution is -2.63. The second-order valence-electron chi connectivity index (χ2n) is 8.94. The molecule has 1 aromatic carbocycles. The van der Waals surface area contributed by atoms with Gasteiger partial charge in [0.1, 0.15) is 0 Å². The van der Waals surface area contributed by atoms with Crippen molar-refractivity contribution in [1.82, 2.24) is 25.1 Å². The van der Waals surface area contributed by atoms with Gasteiger partial charge in [-0.25, -0.2) is 4.98 Å². The van der Waals surface area contributed by atoms with E-state index < -0.39 is 17.6 Å². The Hall–Kier alpha value is -2.73. The highest BCUT2D eigenvalue weighted by Crippen LogP contribution is 2.32. The molecule has 1 aliphatic carbocycles. The lowest BCUT2D eigenvalue weighted by Gasteiger charge is -2.46. The van der Waals surface area contributed by atoms with Gasteiger partial charge in [0, 0.05) is 43.1 Å². The Bertz CT molecular complexity index is 1140. The number of amides is 2. The first-order chi connectivity index (χ1) is 16.6. The van der Waals surface area contributed by atoms with E-state index in [2.05, 4.69) is 36.4 Å². The number of likely N-dealkylation sites (tertiary alicyclic amines) is 1. The summed E-state index contributed by atoms with van der Waals surface area (Å²) in [4.78, 5) is 30.8. The van der Waals surface area contributed by atoms with Gasteiger partial charge in [0.2, 0.25) is 11.5 Å². The van der Waals surface area contributed by atoms with Gasteiger partial charge in [-0.05, 0) is 59.8 Å². The minimum absolute atomic E-state index is 0.0193. The fourth-order valence-electron chi connectivity index (χ4n) is 4.68. The second-order valence-corrected chi connectivity index (χ2v) is 9.86. The van der Waals surface area contributed by atoms with Gasteiger partial charge >= 0.3 is 6.18 Å². The van der Waals surface area contributed by atoms with E-state index in [4.69, 9.17) is 5.41 Å². The van der Waals surface area contributed by atoms with Crippen LogP contribution in [0.15, 0.2) is 41.1 Å². The molecule has 12 heteroatoms. The molecule has 0 atom stereocenters. The van der Waals surface area contributed by atoms with Crippen molar-refractivity contribution in [3.63, 3.8) is 0 Å². The quantitative estimate of drug-likeness (QED) is 0.510. The largest absolute Gasteiger partial charge is 0.416 e. The summed E-state index contributed by atoms with van der Waals surface area (Å²) in [6, 6.07) is 4.75. The Kier molecular flexibility index (Phi) is 7.60. The Morgan fingerprint density at radius 1 is 1.14 bits per heavy atom. The van der Waals surface area contributed by atoms with Crippen molar-refractivity contribution in [1.29, 1.82) is 5.41 Å². The van der Waals surface area contributed by atoms with Crippen molar-refractivity contribution in [3.05, 3.63) is 57.9 Å². The van der Waals surface area contributed by atoms with Gasteiger partial charge in [-0.3, -0.25) is 19.9 Å². The van der Waals surface area contributed by atoms with Crippen LogP contribution in [0.2, 0.25) is 0 Å². The summed E-state index contributed by atoms with van der Waals surface area (Å²) in [7, 11) is 0. The number of nitrogens with zero attached hydrogens (tertiary/aromatic N) is 3. The SMILES string of the molecule is N=c1ncc(Br)cn1C1CCC(N2CC(NC(=O)CNC(=O)c3cccc(C(F)(F)F)c3)C2)CC1. The van der Waals surface area contributed by atoms with Gasteiger partial charge in [0.25, 0.3) is 5.91 Å². The average molecular weight is 555 g/mol. The number of hydrogen-bond donors (Lipinski definition) is 3. The third kappa shape index (κ3) is 6.29. The predicted octanol–water partition coefficient (Wildman–Crippen LogP) is 2.86. The maximum atomic E-state index is 12.8. The van der Waals surface area contributed by atoms with Gasteiger partial charge in [0.05, 0.1) is 22.6 Å². The fourth-order valence-corrected chi connectivity index (χ4v) is 5.00. The van der Waals surface area contributed by atoms with Crippen molar-refractivity contribution in [2.75, 3.05) is 19.6 Å². The van der Waals surface area contributed by atoms with Gasteiger partial charge in [-0.2, -0.15) is 13.2 Å². The monoisotopic (exact) mass is 554 g/mol. The molecule has 8 nitrogen and oxygen atoms in total. The van der Waals surface area contributed by atoms with Crippen LogP contribution in [0.3, 0.4) is 0 Å². The van der Waals surface area contributed by atoms with Crippen LogP contribution in [0.25, 0.3) is 0 Å². The highest BCUT2D eigenvalue weighted by molar-refractivity contribution is 9.10. The number of alkyl halides is 3. The van der Waals surface area contributed by atoms with Crippen molar-refractivity contribution in [2.24, 2.45) is 0 Å². The fraction of sp³-hybridized carbons (Fsp3) is 0.478. The highest BCUT2D eigenvalue weighted by Gasteiger charge is 2.35. The Morgan fingerprint density at radius 2 is 1.83 bits per heavy atom. The number of aromatic nitrogens is 2. The van der Waals surface area contributed by atoms with Crippen molar-refractivity contribution >= 4 is 27.7 Å². The first-order valence-electron chi connectivity index (χ1n) is 11.4. The van der Waals surface area contributed by atoms with E-state index >= 15 is 0 Å². The highest BCUT2D eigenvalue weighted by atomic mass is 79.9. The average Bonchev–Trinajstić information content (AvgIpc) is 2.81. The Labute approximate surface area is 208 Å². The molecule has 1 saturated carbocycles. The zero-order valence-electron chi connectivity index (χ0n) is 18.8. The van der Waals surface area contributed by atoms with Crippen LogP contribution in [-0.2, 0) is 11.0 Å². The molecule has 2 fully saturated rings. The van der Waals surface area contributed by atoms with Gasteiger partial charge in [-0.15, -0.1) is 0 Å². The molecular weight excluding hydrogens is 529 g/mol. The summed E-state index contributed by atoms with van der Waals surface area (Å²) in [5.41, 5.74) is -0.804. The minimum Gasteiger partial charge on any atom is -0.349 e. The summed E-state index contributed by atoms with van der Waals surface area (Å²) in [5, 5.41) is 13.3. The molecule has 1 saturated heterocycles. The molecule has 2 aromatic rings. The van der Waals surface area contributed by atoms with Crippen molar-refractivity contribution < 1.29 is 22.8 Å².